The van der Waals surface area contributed by atoms with Gasteiger partial charge in [0, 0.05) is 15.9 Å². The summed E-state index contributed by atoms with van der Waals surface area (Å²) in [5.41, 5.74) is 3.13. The Bertz CT molecular complexity index is 535. The highest BCUT2D eigenvalue weighted by Gasteiger charge is 2.41. The minimum absolute atomic E-state index is 0.225. The maximum atomic E-state index is 3.79. The van der Waals surface area contributed by atoms with Gasteiger partial charge in [0.2, 0.25) is 0 Å². The number of hydrogen-bond donors (Lipinski definition) is 2. The molecule has 1 aromatic rings. The zero-order valence-corrected chi connectivity index (χ0v) is 14.9. The molecule has 0 unspecified atom stereocenters. The molecule has 21 heavy (non-hydrogen) atoms. The summed E-state index contributed by atoms with van der Waals surface area (Å²) in [5, 5.41) is 3.55. The largest absolute Gasteiger partial charge is 0.313 e. The summed E-state index contributed by atoms with van der Waals surface area (Å²) in [5.74, 6) is 0. The summed E-state index contributed by atoms with van der Waals surface area (Å²) in [6.07, 6.45) is 6.62. The Hall–Kier alpha value is -0.290. The van der Waals surface area contributed by atoms with Crippen LogP contribution in [0.2, 0.25) is 0 Å². The molecule has 4 heteroatoms. The van der Waals surface area contributed by atoms with Gasteiger partial charge in [-0.25, -0.2) is 4.72 Å². The molecule has 0 saturated heterocycles. The van der Waals surface area contributed by atoms with Crippen LogP contribution >= 0.6 is 27.9 Å². The molecule has 1 aromatic carbocycles. The van der Waals surface area contributed by atoms with Crippen molar-refractivity contribution in [3.05, 3.63) is 39.9 Å². The van der Waals surface area contributed by atoms with Crippen LogP contribution in [0.1, 0.15) is 44.6 Å². The van der Waals surface area contributed by atoms with E-state index in [2.05, 4.69) is 57.2 Å². The second-order valence-electron chi connectivity index (χ2n) is 5.95. The first-order chi connectivity index (χ1) is 10.2. The second kappa shape index (κ2) is 6.86. The topological polar surface area (TPSA) is 24.1 Å². The standard InChI is InChI=1S/C17H23BrN2S/c1-2-19-12-15-16(13-7-6-8-14(18)11-13)21-20-17(15)9-4-3-5-10-17/h6-8,11,19-20H,2-5,9-10,12H2,1H3. The molecule has 2 nitrogen and oxygen atoms in total. The molecule has 0 amide bonds. The van der Waals surface area contributed by atoms with E-state index in [1.807, 2.05) is 11.9 Å². The number of nitrogens with one attached hydrogen (secondary N) is 2. The monoisotopic (exact) mass is 366 g/mol. The number of hydrogen-bond acceptors (Lipinski definition) is 3. The zero-order chi connectivity index (χ0) is 14.7. The van der Waals surface area contributed by atoms with Gasteiger partial charge in [0.1, 0.15) is 0 Å². The fraction of sp³-hybridized carbons (Fsp3) is 0.529. The normalized spacial score (nSPS) is 21.2. The molecule has 2 aliphatic rings. The molecule has 1 spiro atoms. The van der Waals surface area contributed by atoms with Gasteiger partial charge in [-0.1, -0.05) is 54.2 Å². The van der Waals surface area contributed by atoms with Gasteiger partial charge in [-0.15, -0.1) is 0 Å². The van der Waals surface area contributed by atoms with Gasteiger partial charge in [0.25, 0.3) is 0 Å². The van der Waals surface area contributed by atoms with Crippen LogP contribution in [0.15, 0.2) is 34.3 Å². The predicted octanol–water partition coefficient (Wildman–Crippen LogP) is 4.72. The maximum absolute atomic E-state index is 3.79. The van der Waals surface area contributed by atoms with Crippen molar-refractivity contribution in [3.63, 3.8) is 0 Å². The van der Waals surface area contributed by atoms with Crippen molar-refractivity contribution < 1.29 is 0 Å². The lowest BCUT2D eigenvalue weighted by Gasteiger charge is -2.36. The molecular formula is C17H23BrN2S. The first kappa shape index (κ1) is 15.6. The summed E-state index contributed by atoms with van der Waals surface area (Å²) < 4.78 is 4.94. The number of benzene rings is 1. The SMILES string of the molecule is CCNCC1=C(c2cccc(Br)c2)SNC12CCCCC2. The smallest absolute Gasteiger partial charge is 0.0521 e. The fourth-order valence-corrected chi connectivity index (χ4v) is 5.07. The molecule has 114 valence electrons. The molecule has 0 radical (unpaired) electrons. The molecule has 0 aromatic heterocycles. The van der Waals surface area contributed by atoms with Gasteiger partial charge in [-0.3, -0.25) is 0 Å². The van der Waals surface area contributed by atoms with Crippen LogP contribution in [0.3, 0.4) is 0 Å². The van der Waals surface area contributed by atoms with Crippen LogP contribution in [0.5, 0.6) is 0 Å². The van der Waals surface area contributed by atoms with E-state index in [0.29, 0.717) is 0 Å². The molecule has 0 atom stereocenters. The van der Waals surface area contributed by atoms with Crippen LogP contribution in [0, 0.1) is 0 Å². The summed E-state index contributed by atoms with van der Waals surface area (Å²) >= 11 is 5.44. The van der Waals surface area contributed by atoms with E-state index in [9.17, 15) is 0 Å². The molecular weight excluding hydrogens is 344 g/mol. The summed E-state index contributed by atoms with van der Waals surface area (Å²) in [6, 6.07) is 8.68. The highest BCUT2D eigenvalue weighted by Crippen LogP contribution is 2.48. The van der Waals surface area contributed by atoms with Crippen molar-refractivity contribution in [1.29, 1.82) is 0 Å². The third kappa shape index (κ3) is 3.24. The number of rotatable bonds is 4. The van der Waals surface area contributed by atoms with Crippen molar-refractivity contribution in [2.24, 2.45) is 0 Å². The minimum atomic E-state index is 0.225. The van der Waals surface area contributed by atoms with Gasteiger partial charge in [-0.05, 0) is 54.6 Å². The van der Waals surface area contributed by atoms with Gasteiger partial charge in [0.05, 0.1) is 5.54 Å². The molecule has 1 saturated carbocycles. The maximum Gasteiger partial charge on any atom is 0.0521 e. The number of halogens is 1. The van der Waals surface area contributed by atoms with Crippen molar-refractivity contribution in [1.82, 2.24) is 10.0 Å². The third-order valence-corrected chi connectivity index (χ3v) is 6.22. The van der Waals surface area contributed by atoms with Crippen molar-refractivity contribution in [3.8, 4) is 0 Å². The van der Waals surface area contributed by atoms with Crippen molar-refractivity contribution in [2.75, 3.05) is 13.1 Å². The molecule has 0 bridgehead atoms. The van der Waals surface area contributed by atoms with E-state index in [4.69, 9.17) is 0 Å². The van der Waals surface area contributed by atoms with Crippen LogP contribution < -0.4 is 10.0 Å². The molecule has 1 aliphatic carbocycles. The van der Waals surface area contributed by atoms with E-state index in [1.54, 1.807) is 5.57 Å². The fourth-order valence-electron chi connectivity index (χ4n) is 3.41. The van der Waals surface area contributed by atoms with E-state index >= 15 is 0 Å². The molecule has 2 N–H and O–H groups in total. The predicted molar refractivity (Wildman–Crippen MR) is 96.1 cm³/mol. The number of likely N-dealkylation sites (N-methyl/N-ethyl adjacent to an activating group) is 1. The Kier molecular flexibility index (Phi) is 5.10. The van der Waals surface area contributed by atoms with Crippen molar-refractivity contribution in [2.45, 2.75) is 44.6 Å². The first-order valence-corrected chi connectivity index (χ1v) is 9.50. The first-order valence-electron chi connectivity index (χ1n) is 7.89. The third-order valence-electron chi connectivity index (χ3n) is 4.55. The summed E-state index contributed by atoms with van der Waals surface area (Å²) in [4.78, 5) is 1.43. The lowest BCUT2D eigenvalue weighted by Crippen LogP contribution is -2.44. The lowest BCUT2D eigenvalue weighted by molar-refractivity contribution is 0.321. The van der Waals surface area contributed by atoms with Gasteiger partial charge in [-0.2, -0.15) is 0 Å². The van der Waals surface area contributed by atoms with E-state index < -0.39 is 0 Å². The average molecular weight is 367 g/mol. The Morgan fingerprint density at radius 1 is 1.29 bits per heavy atom. The zero-order valence-electron chi connectivity index (χ0n) is 12.5. The van der Waals surface area contributed by atoms with Crippen LogP contribution in [-0.2, 0) is 0 Å². The Morgan fingerprint density at radius 3 is 2.81 bits per heavy atom. The van der Waals surface area contributed by atoms with Crippen molar-refractivity contribution >= 4 is 32.8 Å². The molecule has 1 fully saturated rings. The Balaban J connectivity index is 1.98. The van der Waals surface area contributed by atoms with Gasteiger partial charge >= 0.3 is 0 Å². The van der Waals surface area contributed by atoms with E-state index in [1.165, 1.54) is 42.6 Å². The Morgan fingerprint density at radius 2 is 2.10 bits per heavy atom. The summed E-state index contributed by atoms with van der Waals surface area (Å²) in [7, 11) is 0. The Labute approximate surface area is 140 Å². The van der Waals surface area contributed by atoms with E-state index in [-0.39, 0.29) is 5.54 Å². The van der Waals surface area contributed by atoms with Crippen LogP contribution in [0.4, 0.5) is 0 Å². The summed E-state index contributed by atoms with van der Waals surface area (Å²) in [6.45, 7) is 4.21. The molecule has 1 aliphatic heterocycles. The van der Waals surface area contributed by atoms with Gasteiger partial charge in [0.15, 0.2) is 0 Å². The quantitative estimate of drug-likeness (QED) is 0.753. The van der Waals surface area contributed by atoms with E-state index in [0.717, 1.165) is 17.6 Å². The van der Waals surface area contributed by atoms with Crippen LogP contribution in [-0.4, -0.2) is 18.6 Å². The lowest BCUT2D eigenvalue weighted by atomic mass is 9.76. The van der Waals surface area contributed by atoms with Gasteiger partial charge < -0.3 is 5.32 Å². The second-order valence-corrected chi connectivity index (χ2v) is 7.68. The average Bonchev–Trinajstić information content (AvgIpc) is 2.84. The molecule has 3 rings (SSSR count). The highest BCUT2D eigenvalue weighted by molar-refractivity contribution is 9.10. The highest BCUT2D eigenvalue weighted by atomic mass is 79.9. The van der Waals surface area contributed by atoms with Crippen LogP contribution in [0.25, 0.3) is 4.91 Å². The molecule has 1 heterocycles. The minimum Gasteiger partial charge on any atom is -0.313 e.